The first kappa shape index (κ1) is 17.2. The van der Waals surface area contributed by atoms with Crippen LogP contribution in [0, 0.1) is 6.92 Å². The normalized spacial score (nSPS) is 11.6. The molecule has 0 saturated heterocycles. The van der Waals surface area contributed by atoms with Crippen molar-refractivity contribution < 1.29 is 8.42 Å². The van der Waals surface area contributed by atoms with Crippen LogP contribution in [-0.4, -0.2) is 35.0 Å². The van der Waals surface area contributed by atoms with Crippen molar-refractivity contribution in [3.8, 4) is 11.3 Å². The summed E-state index contributed by atoms with van der Waals surface area (Å²) in [5.74, 6) is 0.265. The zero-order chi connectivity index (χ0) is 19.0. The molecule has 0 atom stereocenters. The van der Waals surface area contributed by atoms with Gasteiger partial charge in [-0.05, 0) is 37.3 Å². The van der Waals surface area contributed by atoms with Crippen LogP contribution in [0.1, 0.15) is 5.69 Å². The standard InChI is InChI=1S/C19H17N5O2S/c1-13-12-16(14-8-10-21-11-9-14)22-19-17(18(20-2)23-24(13)19)27(25,26)15-6-4-3-5-7-15/h3-12H,1-2H3,(H,20,23). The lowest BCUT2D eigenvalue weighted by Gasteiger charge is -2.07. The molecule has 27 heavy (non-hydrogen) atoms. The smallest absolute Gasteiger partial charge is 0.214 e. The van der Waals surface area contributed by atoms with Crippen LogP contribution in [0.5, 0.6) is 0 Å². The van der Waals surface area contributed by atoms with E-state index in [4.69, 9.17) is 0 Å². The van der Waals surface area contributed by atoms with Crippen molar-refractivity contribution >= 4 is 21.3 Å². The predicted octanol–water partition coefficient (Wildman–Crippen LogP) is 2.97. The van der Waals surface area contributed by atoms with E-state index in [0.717, 1.165) is 11.3 Å². The van der Waals surface area contributed by atoms with Gasteiger partial charge in [0.1, 0.15) is 0 Å². The fraction of sp³-hybridized carbons (Fsp3) is 0.105. The molecule has 136 valence electrons. The van der Waals surface area contributed by atoms with E-state index in [0.29, 0.717) is 5.69 Å². The van der Waals surface area contributed by atoms with Crippen molar-refractivity contribution in [2.45, 2.75) is 16.7 Å². The predicted molar refractivity (Wildman–Crippen MR) is 102 cm³/mol. The first-order valence-corrected chi connectivity index (χ1v) is 9.79. The van der Waals surface area contributed by atoms with E-state index in [9.17, 15) is 8.42 Å². The number of hydrogen-bond acceptors (Lipinski definition) is 6. The SMILES string of the molecule is CNc1nn2c(C)cc(-c3ccncc3)nc2c1S(=O)(=O)c1ccccc1. The maximum Gasteiger partial charge on any atom is 0.214 e. The number of pyridine rings is 1. The lowest BCUT2D eigenvalue weighted by atomic mass is 10.2. The van der Waals surface area contributed by atoms with Crippen LogP contribution >= 0.6 is 0 Å². The maximum atomic E-state index is 13.3. The van der Waals surface area contributed by atoms with Gasteiger partial charge in [0.2, 0.25) is 9.84 Å². The van der Waals surface area contributed by atoms with E-state index < -0.39 is 9.84 Å². The molecule has 0 unspecified atom stereocenters. The number of aromatic nitrogens is 4. The first-order chi connectivity index (χ1) is 13.0. The minimum atomic E-state index is -3.80. The second-order valence-electron chi connectivity index (χ2n) is 6.00. The Hall–Kier alpha value is -3.26. The minimum absolute atomic E-state index is 0.0650. The van der Waals surface area contributed by atoms with Crippen molar-refractivity contribution in [3.05, 3.63) is 66.6 Å². The fourth-order valence-electron chi connectivity index (χ4n) is 2.94. The Morgan fingerprint density at radius 1 is 1.04 bits per heavy atom. The summed E-state index contributed by atoms with van der Waals surface area (Å²) in [6, 6.07) is 13.8. The van der Waals surface area contributed by atoms with Crippen molar-refractivity contribution in [1.82, 2.24) is 19.6 Å². The zero-order valence-electron chi connectivity index (χ0n) is 14.8. The number of sulfone groups is 1. The van der Waals surface area contributed by atoms with Crippen molar-refractivity contribution in [3.63, 3.8) is 0 Å². The molecule has 0 radical (unpaired) electrons. The van der Waals surface area contributed by atoms with Gasteiger partial charge in [0.25, 0.3) is 0 Å². The minimum Gasteiger partial charge on any atom is -0.370 e. The molecular formula is C19H17N5O2S. The molecule has 0 aliphatic rings. The first-order valence-electron chi connectivity index (χ1n) is 8.31. The Bertz CT molecular complexity index is 1220. The van der Waals surface area contributed by atoms with Crippen LogP contribution in [-0.2, 0) is 9.84 Å². The lowest BCUT2D eigenvalue weighted by Crippen LogP contribution is -2.06. The van der Waals surface area contributed by atoms with Crippen LogP contribution in [0.25, 0.3) is 16.9 Å². The van der Waals surface area contributed by atoms with E-state index in [1.54, 1.807) is 54.3 Å². The Kier molecular flexibility index (Phi) is 4.12. The number of anilines is 1. The Balaban J connectivity index is 2.04. The van der Waals surface area contributed by atoms with Crippen LogP contribution in [0.3, 0.4) is 0 Å². The summed E-state index contributed by atoms with van der Waals surface area (Å²) in [4.78, 5) is 8.90. The second-order valence-corrected chi connectivity index (χ2v) is 7.88. The molecule has 0 spiro atoms. The zero-order valence-corrected chi connectivity index (χ0v) is 15.6. The summed E-state index contributed by atoms with van der Waals surface area (Å²) in [5, 5.41) is 7.30. The number of benzene rings is 1. The fourth-order valence-corrected chi connectivity index (χ4v) is 4.46. The molecule has 0 aliphatic heterocycles. The summed E-state index contributed by atoms with van der Waals surface area (Å²) < 4.78 is 28.2. The molecule has 0 amide bonds. The van der Waals surface area contributed by atoms with Gasteiger partial charge in [0, 0.05) is 30.7 Å². The third-order valence-corrected chi connectivity index (χ3v) is 6.07. The van der Waals surface area contributed by atoms with Gasteiger partial charge in [-0.1, -0.05) is 18.2 Å². The highest BCUT2D eigenvalue weighted by Gasteiger charge is 2.29. The molecule has 1 aromatic carbocycles. The molecule has 3 heterocycles. The summed E-state index contributed by atoms with van der Waals surface area (Å²) in [6.07, 6.45) is 3.35. The highest BCUT2D eigenvalue weighted by Crippen LogP contribution is 2.32. The van der Waals surface area contributed by atoms with Crippen molar-refractivity contribution in [2.24, 2.45) is 0 Å². The molecule has 4 rings (SSSR count). The van der Waals surface area contributed by atoms with Crippen LogP contribution in [0.4, 0.5) is 5.82 Å². The van der Waals surface area contributed by atoms with Gasteiger partial charge >= 0.3 is 0 Å². The van der Waals surface area contributed by atoms with Crippen molar-refractivity contribution in [1.29, 1.82) is 0 Å². The highest BCUT2D eigenvalue weighted by atomic mass is 32.2. The van der Waals surface area contributed by atoms with Crippen molar-refractivity contribution in [2.75, 3.05) is 12.4 Å². The third-order valence-electron chi connectivity index (χ3n) is 4.26. The third kappa shape index (κ3) is 2.83. The average molecular weight is 379 g/mol. The van der Waals surface area contributed by atoms with Gasteiger partial charge in [-0.25, -0.2) is 17.9 Å². The molecule has 3 aromatic heterocycles. The van der Waals surface area contributed by atoms with Gasteiger partial charge in [0.15, 0.2) is 16.4 Å². The largest absolute Gasteiger partial charge is 0.370 e. The number of rotatable bonds is 4. The quantitative estimate of drug-likeness (QED) is 0.586. The topological polar surface area (TPSA) is 89.2 Å². The van der Waals surface area contributed by atoms with E-state index in [1.807, 2.05) is 25.1 Å². The number of nitrogens with zero attached hydrogens (tertiary/aromatic N) is 4. The van der Waals surface area contributed by atoms with E-state index in [2.05, 4.69) is 20.4 Å². The Morgan fingerprint density at radius 3 is 2.41 bits per heavy atom. The number of aryl methyl sites for hydroxylation is 1. The molecule has 1 N–H and O–H groups in total. The van der Waals surface area contributed by atoms with Crippen LogP contribution in [0.2, 0.25) is 0 Å². The molecule has 0 saturated carbocycles. The second kappa shape index (κ2) is 6.48. The molecule has 0 bridgehead atoms. The number of hydrogen-bond donors (Lipinski definition) is 1. The molecule has 4 aromatic rings. The summed E-state index contributed by atoms with van der Waals surface area (Å²) >= 11 is 0. The lowest BCUT2D eigenvalue weighted by molar-refractivity contribution is 0.597. The highest BCUT2D eigenvalue weighted by molar-refractivity contribution is 7.91. The molecule has 0 aliphatic carbocycles. The Labute approximate surface area is 156 Å². The van der Waals surface area contributed by atoms with E-state index in [-0.39, 0.29) is 21.3 Å². The molecule has 7 nitrogen and oxygen atoms in total. The molecule has 0 fully saturated rings. The van der Waals surface area contributed by atoms with Gasteiger partial charge in [0.05, 0.1) is 10.6 Å². The number of nitrogens with one attached hydrogen (secondary N) is 1. The molecular weight excluding hydrogens is 362 g/mol. The van der Waals surface area contributed by atoms with Gasteiger partial charge in [-0.3, -0.25) is 4.98 Å². The summed E-state index contributed by atoms with van der Waals surface area (Å²) in [7, 11) is -2.16. The van der Waals surface area contributed by atoms with E-state index in [1.165, 1.54) is 0 Å². The average Bonchev–Trinajstić information content (AvgIpc) is 3.09. The van der Waals surface area contributed by atoms with Crippen LogP contribution in [0.15, 0.2) is 70.7 Å². The van der Waals surface area contributed by atoms with Gasteiger partial charge in [-0.15, -0.1) is 5.10 Å². The van der Waals surface area contributed by atoms with E-state index >= 15 is 0 Å². The maximum absolute atomic E-state index is 13.3. The summed E-state index contributed by atoms with van der Waals surface area (Å²) in [6.45, 7) is 1.87. The number of fused-ring (bicyclic) bond motifs is 1. The van der Waals surface area contributed by atoms with Crippen LogP contribution < -0.4 is 5.32 Å². The van der Waals surface area contributed by atoms with Gasteiger partial charge in [-0.2, -0.15) is 0 Å². The Morgan fingerprint density at radius 2 is 1.74 bits per heavy atom. The monoisotopic (exact) mass is 379 g/mol. The molecule has 8 heteroatoms. The summed E-state index contributed by atoms with van der Waals surface area (Å²) in [5.41, 5.74) is 2.58. The van der Waals surface area contributed by atoms with Gasteiger partial charge < -0.3 is 5.32 Å².